The van der Waals surface area contributed by atoms with E-state index in [1.54, 1.807) is 0 Å². The van der Waals surface area contributed by atoms with Gasteiger partial charge in [-0.2, -0.15) is 0 Å². The SMILES string of the molecule is CC1C[C@@H]2CN(C(=O)OC(C)(C)C)CCN2C1. The minimum atomic E-state index is -0.392. The van der Waals surface area contributed by atoms with E-state index in [2.05, 4.69) is 11.8 Å². The van der Waals surface area contributed by atoms with Gasteiger partial charge in [-0.1, -0.05) is 6.92 Å². The lowest BCUT2D eigenvalue weighted by Gasteiger charge is -2.37. The molecule has 4 nitrogen and oxygen atoms in total. The summed E-state index contributed by atoms with van der Waals surface area (Å²) in [5.74, 6) is 0.763. The Hall–Kier alpha value is -0.770. The predicted molar refractivity (Wildman–Crippen MR) is 66.9 cm³/mol. The average Bonchev–Trinajstić information content (AvgIpc) is 2.53. The van der Waals surface area contributed by atoms with Crippen molar-refractivity contribution in [2.24, 2.45) is 5.92 Å². The van der Waals surface area contributed by atoms with Crippen molar-refractivity contribution >= 4 is 6.09 Å². The van der Waals surface area contributed by atoms with Gasteiger partial charge in [-0.05, 0) is 33.1 Å². The summed E-state index contributed by atoms with van der Waals surface area (Å²) in [6.07, 6.45) is 1.05. The lowest BCUT2D eigenvalue weighted by molar-refractivity contribution is 0.00924. The zero-order valence-electron chi connectivity index (χ0n) is 11.4. The first-order valence-electron chi connectivity index (χ1n) is 6.57. The van der Waals surface area contributed by atoms with Crippen LogP contribution in [0.1, 0.15) is 34.1 Å². The van der Waals surface area contributed by atoms with Crippen LogP contribution in [0.25, 0.3) is 0 Å². The smallest absolute Gasteiger partial charge is 0.410 e. The molecule has 2 aliphatic rings. The fourth-order valence-electron chi connectivity index (χ4n) is 2.79. The Balaban J connectivity index is 1.90. The molecule has 2 atom stereocenters. The average molecular weight is 240 g/mol. The van der Waals surface area contributed by atoms with E-state index in [4.69, 9.17) is 4.74 Å². The number of nitrogens with zero attached hydrogens (tertiary/aromatic N) is 2. The fourth-order valence-corrected chi connectivity index (χ4v) is 2.79. The number of carbonyl (C=O) groups excluding carboxylic acids is 1. The zero-order valence-corrected chi connectivity index (χ0v) is 11.4. The number of fused-ring (bicyclic) bond motifs is 1. The van der Waals surface area contributed by atoms with Crippen LogP contribution in [0.15, 0.2) is 0 Å². The summed E-state index contributed by atoms with van der Waals surface area (Å²) in [5, 5.41) is 0. The van der Waals surface area contributed by atoms with Gasteiger partial charge >= 0.3 is 6.09 Å². The normalized spacial score (nSPS) is 30.2. The van der Waals surface area contributed by atoms with Crippen molar-refractivity contribution in [2.75, 3.05) is 26.2 Å². The van der Waals surface area contributed by atoms with Crippen LogP contribution in [-0.4, -0.2) is 53.7 Å². The molecule has 0 radical (unpaired) electrons. The van der Waals surface area contributed by atoms with E-state index >= 15 is 0 Å². The van der Waals surface area contributed by atoms with E-state index < -0.39 is 5.60 Å². The largest absolute Gasteiger partial charge is 0.444 e. The summed E-state index contributed by atoms with van der Waals surface area (Å²) in [4.78, 5) is 16.3. The van der Waals surface area contributed by atoms with Crippen molar-refractivity contribution < 1.29 is 9.53 Å². The minimum Gasteiger partial charge on any atom is -0.444 e. The third-order valence-corrected chi connectivity index (χ3v) is 3.48. The molecule has 0 aromatic carbocycles. The van der Waals surface area contributed by atoms with E-state index in [-0.39, 0.29) is 6.09 Å². The molecule has 4 heteroatoms. The highest BCUT2D eigenvalue weighted by Gasteiger charge is 2.36. The van der Waals surface area contributed by atoms with Crippen LogP contribution in [0.3, 0.4) is 0 Å². The van der Waals surface area contributed by atoms with Crippen molar-refractivity contribution in [3.63, 3.8) is 0 Å². The number of piperazine rings is 1. The first-order chi connectivity index (χ1) is 7.85. The molecule has 0 aromatic rings. The number of hydrogen-bond donors (Lipinski definition) is 0. The second-order valence-corrected chi connectivity index (χ2v) is 6.42. The molecular formula is C13H24N2O2. The van der Waals surface area contributed by atoms with Gasteiger partial charge in [-0.3, -0.25) is 4.90 Å². The molecule has 2 fully saturated rings. The molecule has 0 aromatic heterocycles. The summed E-state index contributed by atoms with van der Waals surface area (Å²) >= 11 is 0. The van der Waals surface area contributed by atoms with Crippen molar-refractivity contribution in [3.8, 4) is 0 Å². The summed E-state index contributed by atoms with van der Waals surface area (Å²) in [5.41, 5.74) is -0.392. The molecule has 1 unspecified atom stereocenters. The van der Waals surface area contributed by atoms with Gasteiger partial charge in [0.05, 0.1) is 0 Å². The number of hydrogen-bond acceptors (Lipinski definition) is 3. The number of amides is 1. The van der Waals surface area contributed by atoms with Gasteiger partial charge in [0.15, 0.2) is 0 Å². The second-order valence-electron chi connectivity index (χ2n) is 6.42. The quantitative estimate of drug-likeness (QED) is 0.649. The molecule has 0 bridgehead atoms. The summed E-state index contributed by atoms with van der Waals surface area (Å²) in [6, 6.07) is 0.547. The molecule has 2 aliphatic heterocycles. The summed E-state index contributed by atoms with van der Waals surface area (Å²) in [7, 11) is 0. The van der Waals surface area contributed by atoms with Crippen LogP contribution in [-0.2, 0) is 4.74 Å². The van der Waals surface area contributed by atoms with E-state index in [0.717, 1.165) is 25.6 Å². The monoisotopic (exact) mass is 240 g/mol. The second kappa shape index (κ2) is 4.48. The standard InChI is InChI=1S/C13H24N2O2/c1-10-7-11-9-15(6-5-14(11)8-10)12(16)17-13(2,3)4/h10-11H,5-9H2,1-4H3/t10?,11-/m1/s1. The molecule has 2 heterocycles. The third kappa shape index (κ3) is 3.12. The summed E-state index contributed by atoms with van der Waals surface area (Å²) < 4.78 is 5.42. The molecule has 2 rings (SSSR count). The Morgan fingerprint density at radius 3 is 2.59 bits per heavy atom. The lowest BCUT2D eigenvalue weighted by atomic mass is 10.1. The maximum Gasteiger partial charge on any atom is 0.410 e. The maximum absolute atomic E-state index is 12.0. The highest BCUT2D eigenvalue weighted by atomic mass is 16.6. The van der Waals surface area contributed by atoms with Crippen LogP contribution in [0.4, 0.5) is 4.79 Å². The van der Waals surface area contributed by atoms with Gasteiger partial charge < -0.3 is 9.64 Å². The van der Waals surface area contributed by atoms with E-state index in [1.165, 1.54) is 13.0 Å². The van der Waals surface area contributed by atoms with Gasteiger partial charge in [0, 0.05) is 32.2 Å². The van der Waals surface area contributed by atoms with Crippen molar-refractivity contribution in [1.82, 2.24) is 9.80 Å². The van der Waals surface area contributed by atoms with Crippen LogP contribution < -0.4 is 0 Å². The van der Waals surface area contributed by atoms with Gasteiger partial charge in [0.1, 0.15) is 5.60 Å². The third-order valence-electron chi connectivity index (χ3n) is 3.48. The maximum atomic E-state index is 12.0. The summed E-state index contributed by atoms with van der Waals surface area (Å²) in [6.45, 7) is 11.9. The molecule has 0 aliphatic carbocycles. The number of rotatable bonds is 0. The highest BCUT2D eigenvalue weighted by molar-refractivity contribution is 5.68. The van der Waals surface area contributed by atoms with Gasteiger partial charge in [-0.15, -0.1) is 0 Å². The zero-order chi connectivity index (χ0) is 12.6. The van der Waals surface area contributed by atoms with Gasteiger partial charge in [0.2, 0.25) is 0 Å². The molecule has 98 valence electrons. The molecule has 2 saturated heterocycles. The van der Waals surface area contributed by atoms with Gasteiger partial charge in [0.25, 0.3) is 0 Å². The Kier molecular flexibility index (Phi) is 3.34. The van der Waals surface area contributed by atoms with E-state index in [0.29, 0.717) is 6.04 Å². The minimum absolute atomic E-state index is 0.156. The van der Waals surface area contributed by atoms with Crippen LogP contribution in [0.2, 0.25) is 0 Å². The van der Waals surface area contributed by atoms with E-state index in [9.17, 15) is 4.79 Å². The van der Waals surface area contributed by atoms with Crippen LogP contribution >= 0.6 is 0 Å². The fraction of sp³-hybridized carbons (Fsp3) is 0.923. The highest BCUT2D eigenvalue weighted by Crippen LogP contribution is 2.26. The Morgan fingerprint density at radius 2 is 1.94 bits per heavy atom. The Morgan fingerprint density at radius 1 is 1.24 bits per heavy atom. The molecule has 17 heavy (non-hydrogen) atoms. The first kappa shape index (κ1) is 12.7. The Labute approximate surface area is 104 Å². The van der Waals surface area contributed by atoms with Crippen molar-refractivity contribution in [3.05, 3.63) is 0 Å². The topological polar surface area (TPSA) is 32.8 Å². The van der Waals surface area contributed by atoms with Crippen LogP contribution in [0, 0.1) is 5.92 Å². The molecule has 1 amide bonds. The molecular weight excluding hydrogens is 216 g/mol. The number of ether oxygens (including phenoxy) is 1. The van der Waals surface area contributed by atoms with Crippen LogP contribution in [0.5, 0.6) is 0 Å². The van der Waals surface area contributed by atoms with Crippen molar-refractivity contribution in [1.29, 1.82) is 0 Å². The molecule has 0 saturated carbocycles. The van der Waals surface area contributed by atoms with Crippen molar-refractivity contribution in [2.45, 2.75) is 45.8 Å². The lowest BCUT2D eigenvalue weighted by Crippen LogP contribution is -2.53. The number of carbonyl (C=O) groups is 1. The molecule has 0 N–H and O–H groups in total. The van der Waals surface area contributed by atoms with E-state index in [1.807, 2.05) is 25.7 Å². The van der Waals surface area contributed by atoms with Gasteiger partial charge in [-0.25, -0.2) is 4.79 Å². The first-order valence-corrected chi connectivity index (χ1v) is 6.57. The predicted octanol–water partition coefficient (Wildman–Crippen LogP) is 1.95. The molecule has 0 spiro atoms. The Bertz CT molecular complexity index is 298.